The summed E-state index contributed by atoms with van der Waals surface area (Å²) in [6.07, 6.45) is 3.92. The van der Waals surface area contributed by atoms with Crippen LogP contribution in [0.1, 0.15) is 27.4 Å². The van der Waals surface area contributed by atoms with Gasteiger partial charge >= 0.3 is 0 Å². The van der Waals surface area contributed by atoms with E-state index in [1.165, 1.54) is 4.68 Å². The number of allylic oxidation sites excluding steroid dienone is 1. The molecule has 0 amide bonds. The zero-order valence-corrected chi connectivity index (χ0v) is 18.7. The molecule has 0 fully saturated rings. The van der Waals surface area contributed by atoms with E-state index >= 15 is 0 Å². The lowest BCUT2D eigenvalue weighted by Gasteiger charge is -2.29. The van der Waals surface area contributed by atoms with Gasteiger partial charge in [-0.25, -0.2) is 9.67 Å². The molecule has 4 aromatic rings. The van der Waals surface area contributed by atoms with E-state index in [-0.39, 0.29) is 17.3 Å². The molecule has 0 saturated heterocycles. The van der Waals surface area contributed by atoms with Gasteiger partial charge in [0.2, 0.25) is 0 Å². The Morgan fingerprint density at radius 2 is 1.82 bits per heavy atom. The third-order valence-electron chi connectivity index (χ3n) is 6.04. The Balaban J connectivity index is 1.75. The molecule has 1 atom stereocenters. The Labute approximate surface area is 190 Å². The SMILES string of the molecule is COc1ccccc1C1Cc2c(cnc3[nH]n(-c4ccccc4)c(=O)c23)C(=O)/C1=C\N(C)C. The number of fused-ring (bicyclic) bond motifs is 3. The van der Waals surface area contributed by atoms with Crippen LogP contribution in [0, 0.1) is 0 Å². The first-order valence-corrected chi connectivity index (χ1v) is 10.7. The fourth-order valence-corrected chi connectivity index (χ4v) is 4.59. The van der Waals surface area contributed by atoms with Gasteiger partial charge in [-0.15, -0.1) is 0 Å². The second kappa shape index (κ2) is 8.09. The van der Waals surface area contributed by atoms with Gasteiger partial charge in [0.15, 0.2) is 11.4 Å². The maximum absolute atomic E-state index is 13.7. The van der Waals surface area contributed by atoms with Crippen LogP contribution in [0.5, 0.6) is 5.75 Å². The third-order valence-corrected chi connectivity index (χ3v) is 6.04. The summed E-state index contributed by atoms with van der Waals surface area (Å²) in [6.45, 7) is 0. The van der Waals surface area contributed by atoms with Gasteiger partial charge in [-0.05, 0) is 30.2 Å². The summed E-state index contributed by atoms with van der Waals surface area (Å²) in [7, 11) is 5.40. The molecule has 0 bridgehead atoms. The molecule has 2 heterocycles. The average molecular weight is 441 g/mol. The molecule has 1 N–H and O–H groups in total. The van der Waals surface area contributed by atoms with E-state index in [9.17, 15) is 9.59 Å². The van der Waals surface area contributed by atoms with Crippen LogP contribution in [0.4, 0.5) is 0 Å². The van der Waals surface area contributed by atoms with E-state index in [1.54, 1.807) is 13.3 Å². The molecular weight excluding hydrogens is 416 g/mol. The number of ketones is 1. The number of pyridine rings is 1. The van der Waals surface area contributed by atoms with Crippen molar-refractivity contribution in [3.05, 3.63) is 99.6 Å². The van der Waals surface area contributed by atoms with Crippen LogP contribution >= 0.6 is 0 Å². The average Bonchev–Trinajstić information content (AvgIpc) is 3.17. The first kappa shape index (κ1) is 20.8. The highest BCUT2D eigenvalue weighted by Gasteiger charge is 2.35. The van der Waals surface area contributed by atoms with Crippen molar-refractivity contribution in [1.29, 1.82) is 0 Å². The third kappa shape index (κ3) is 3.42. The van der Waals surface area contributed by atoms with Gasteiger partial charge in [-0.2, -0.15) is 0 Å². The number of ether oxygens (including phenoxy) is 1. The molecule has 5 rings (SSSR count). The Bertz CT molecular complexity index is 1450. The lowest BCUT2D eigenvalue weighted by Crippen LogP contribution is -2.26. The molecule has 1 aliphatic rings. The van der Waals surface area contributed by atoms with Crippen molar-refractivity contribution in [2.75, 3.05) is 21.2 Å². The highest BCUT2D eigenvalue weighted by Crippen LogP contribution is 2.41. The maximum Gasteiger partial charge on any atom is 0.281 e. The van der Waals surface area contributed by atoms with Crippen LogP contribution < -0.4 is 10.3 Å². The molecule has 1 unspecified atom stereocenters. The van der Waals surface area contributed by atoms with Crippen LogP contribution in [0.2, 0.25) is 0 Å². The fraction of sp³-hybridized carbons (Fsp3) is 0.192. The molecule has 33 heavy (non-hydrogen) atoms. The molecule has 2 aromatic heterocycles. The predicted octanol–water partition coefficient (Wildman–Crippen LogP) is 3.69. The van der Waals surface area contributed by atoms with Crippen molar-refractivity contribution >= 4 is 16.8 Å². The Hall–Kier alpha value is -4.13. The van der Waals surface area contributed by atoms with Gasteiger partial charge in [-0.3, -0.25) is 14.7 Å². The minimum Gasteiger partial charge on any atom is -0.496 e. The van der Waals surface area contributed by atoms with Crippen LogP contribution in [0.25, 0.3) is 16.7 Å². The second-order valence-corrected chi connectivity index (χ2v) is 8.34. The zero-order chi connectivity index (χ0) is 23.1. The van der Waals surface area contributed by atoms with Crippen LogP contribution in [-0.2, 0) is 6.42 Å². The lowest BCUT2D eigenvalue weighted by molar-refractivity contribution is 0.101. The van der Waals surface area contributed by atoms with Crippen LogP contribution in [0.15, 0.2) is 77.4 Å². The summed E-state index contributed by atoms with van der Waals surface area (Å²) in [6, 6.07) is 17.0. The van der Waals surface area contributed by atoms with Crippen molar-refractivity contribution in [3.63, 3.8) is 0 Å². The summed E-state index contributed by atoms with van der Waals surface area (Å²) >= 11 is 0. The zero-order valence-electron chi connectivity index (χ0n) is 18.7. The number of nitrogens with zero attached hydrogens (tertiary/aromatic N) is 3. The number of nitrogens with one attached hydrogen (secondary N) is 1. The van der Waals surface area contributed by atoms with E-state index in [0.29, 0.717) is 45.6 Å². The van der Waals surface area contributed by atoms with E-state index in [1.807, 2.05) is 79.8 Å². The number of carbonyl (C=O) groups is 1. The highest BCUT2D eigenvalue weighted by molar-refractivity contribution is 6.13. The highest BCUT2D eigenvalue weighted by atomic mass is 16.5. The summed E-state index contributed by atoms with van der Waals surface area (Å²) in [4.78, 5) is 33.4. The number of carbonyl (C=O) groups excluding carboxylic acids is 1. The van der Waals surface area contributed by atoms with Crippen molar-refractivity contribution in [2.45, 2.75) is 12.3 Å². The van der Waals surface area contributed by atoms with Crippen LogP contribution in [-0.4, -0.2) is 46.7 Å². The minimum absolute atomic E-state index is 0.123. The number of aromatic amines is 1. The van der Waals surface area contributed by atoms with E-state index in [4.69, 9.17) is 4.74 Å². The van der Waals surface area contributed by atoms with E-state index in [0.717, 1.165) is 5.56 Å². The molecule has 7 heteroatoms. The second-order valence-electron chi connectivity index (χ2n) is 8.34. The van der Waals surface area contributed by atoms with Gasteiger partial charge in [0.25, 0.3) is 5.56 Å². The van der Waals surface area contributed by atoms with E-state index in [2.05, 4.69) is 10.1 Å². The Morgan fingerprint density at radius 3 is 2.55 bits per heavy atom. The monoisotopic (exact) mass is 440 g/mol. The smallest absolute Gasteiger partial charge is 0.281 e. The molecule has 1 aliphatic carbocycles. The van der Waals surface area contributed by atoms with Gasteiger partial charge in [0.05, 0.1) is 18.2 Å². The summed E-state index contributed by atoms with van der Waals surface area (Å²) in [5.74, 6) is 0.334. The number of benzene rings is 2. The van der Waals surface area contributed by atoms with Gasteiger partial charge in [0, 0.05) is 49.1 Å². The standard InChI is InChI=1S/C26H24N4O3/c1-29(2)15-21-18(17-11-7-8-12-22(17)33-3)13-19-20(24(21)31)14-27-25-23(19)26(32)30(28-25)16-9-5-4-6-10-16/h4-12,14-15,18H,13H2,1-3H3,(H,27,28)/b21-15-. The lowest BCUT2D eigenvalue weighted by atomic mass is 9.75. The molecule has 7 nitrogen and oxygen atoms in total. The number of H-pyrrole nitrogens is 1. The molecular formula is C26H24N4O3. The normalized spacial score (nSPS) is 16.8. The largest absolute Gasteiger partial charge is 0.496 e. The number of aromatic nitrogens is 3. The topological polar surface area (TPSA) is 80.2 Å². The first-order chi connectivity index (χ1) is 16.0. The molecule has 0 aliphatic heterocycles. The van der Waals surface area contributed by atoms with Crippen molar-refractivity contribution in [1.82, 2.24) is 19.7 Å². The number of hydrogen-bond acceptors (Lipinski definition) is 5. The summed E-state index contributed by atoms with van der Waals surface area (Å²) in [5.41, 5.74) is 3.71. The molecule has 0 radical (unpaired) electrons. The predicted molar refractivity (Wildman–Crippen MR) is 127 cm³/mol. The van der Waals surface area contributed by atoms with E-state index < -0.39 is 0 Å². The van der Waals surface area contributed by atoms with Gasteiger partial charge < -0.3 is 9.64 Å². The summed E-state index contributed by atoms with van der Waals surface area (Å²) < 4.78 is 7.09. The fourth-order valence-electron chi connectivity index (χ4n) is 4.59. The van der Waals surface area contributed by atoms with Crippen molar-refractivity contribution in [2.24, 2.45) is 0 Å². The summed E-state index contributed by atoms with van der Waals surface area (Å²) in [5, 5.41) is 3.55. The Kier molecular flexibility index (Phi) is 5.09. The quantitative estimate of drug-likeness (QED) is 0.490. The number of hydrogen-bond donors (Lipinski definition) is 1. The number of methoxy groups -OCH3 is 1. The van der Waals surface area contributed by atoms with Gasteiger partial charge in [-0.1, -0.05) is 36.4 Å². The number of Topliss-reactive ketones (excluding diaryl/α,β-unsaturated/α-hetero) is 1. The Morgan fingerprint density at radius 1 is 1.09 bits per heavy atom. The molecule has 0 spiro atoms. The number of rotatable bonds is 4. The minimum atomic E-state index is -0.256. The maximum atomic E-state index is 13.7. The first-order valence-electron chi connectivity index (χ1n) is 10.7. The van der Waals surface area contributed by atoms with Crippen molar-refractivity contribution < 1.29 is 9.53 Å². The van der Waals surface area contributed by atoms with Gasteiger partial charge in [0.1, 0.15) is 5.75 Å². The van der Waals surface area contributed by atoms with Crippen molar-refractivity contribution in [3.8, 4) is 11.4 Å². The number of para-hydroxylation sites is 2. The molecule has 166 valence electrons. The molecule has 2 aromatic carbocycles. The molecule has 0 saturated carbocycles. The van der Waals surface area contributed by atoms with Crippen LogP contribution in [0.3, 0.4) is 0 Å².